The maximum Gasteiger partial charge on any atom is 0.320 e. The molecule has 0 fully saturated rings. The fourth-order valence-corrected chi connectivity index (χ4v) is 1.89. The van der Waals surface area contributed by atoms with Gasteiger partial charge in [-0.25, -0.2) is 0 Å². The van der Waals surface area contributed by atoms with Crippen LogP contribution in [0.5, 0.6) is 5.75 Å². The number of carboxylic acid groups (broad SMARTS) is 1. The predicted octanol–water partition coefficient (Wildman–Crippen LogP) is 2.41. The first-order valence-electron chi connectivity index (χ1n) is 5.23. The Labute approximate surface area is 109 Å². The second-order valence-corrected chi connectivity index (χ2v) is 5.38. The van der Waals surface area contributed by atoms with Gasteiger partial charge < -0.3 is 15.6 Å². The highest BCUT2D eigenvalue weighted by molar-refractivity contribution is 9.10. The first-order chi connectivity index (χ1) is 7.80. The van der Waals surface area contributed by atoms with E-state index >= 15 is 0 Å². The third-order valence-corrected chi connectivity index (χ3v) is 2.71. The molecule has 1 rings (SSSR count). The lowest BCUT2D eigenvalue weighted by Crippen LogP contribution is -2.41. The molecule has 0 aliphatic rings. The van der Waals surface area contributed by atoms with Gasteiger partial charge >= 0.3 is 5.97 Å². The minimum absolute atomic E-state index is 0.245. The molecule has 4 nitrogen and oxygen atoms in total. The average molecular weight is 302 g/mol. The number of nitrogens with two attached hydrogens (primary N) is 1. The Morgan fingerprint density at radius 2 is 2.24 bits per heavy atom. The van der Waals surface area contributed by atoms with E-state index in [1.54, 1.807) is 0 Å². The highest BCUT2D eigenvalue weighted by Crippen LogP contribution is 2.24. The molecule has 5 heteroatoms. The van der Waals surface area contributed by atoms with Gasteiger partial charge in [-0.2, -0.15) is 0 Å². The second kappa shape index (κ2) is 5.51. The van der Waals surface area contributed by atoms with Crippen LogP contribution in [-0.2, 0) is 4.79 Å². The summed E-state index contributed by atoms with van der Waals surface area (Å²) in [7, 11) is 0. The number of ether oxygens (including phenoxy) is 1. The third-order valence-electron chi connectivity index (χ3n) is 2.22. The van der Waals surface area contributed by atoms with Crippen molar-refractivity contribution in [2.24, 2.45) is 5.73 Å². The van der Waals surface area contributed by atoms with Gasteiger partial charge in [0.25, 0.3) is 0 Å². The smallest absolute Gasteiger partial charge is 0.320 e. The van der Waals surface area contributed by atoms with Crippen LogP contribution >= 0.6 is 15.9 Å². The molecule has 1 aromatic carbocycles. The third kappa shape index (κ3) is 4.75. The summed E-state index contributed by atoms with van der Waals surface area (Å²) in [4.78, 5) is 10.7. The maximum atomic E-state index is 10.7. The van der Waals surface area contributed by atoms with Crippen molar-refractivity contribution in [2.75, 3.05) is 0 Å². The fraction of sp³-hybridized carbons (Fsp3) is 0.417. The molecule has 0 saturated carbocycles. The fourth-order valence-electron chi connectivity index (χ4n) is 1.51. The molecule has 1 atom stereocenters. The van der Waals surface area contributed by atoms with Gasteiger partial charge in [0.1, 0.15) is 17.4 Å². The van der Waals surface area contributed by atoms with Crippen molar-refractivity contribution >= 4 is 21.9 Å². The normalized spacial score (nSPS) is 13.2. The minimum atomic E-state index is -1.02. The van der Waals surface area contributed by atoms with Crippen molar-refractivity contribution in [3.8, 4) is 5.75 Å². The summed E-state index contributed by atoms with van der Waals surface area (Å²) in [6, 6.07) is 6.47. The van der Waals surface area contributed by atoms with Gasteiger partial charge in [-0.05, 0) is 32.0 Å². The van der Waals surface area contributed by atoms with Crippen molar-refractivity contribution in [1.29, 1.82) is 0 Å². The molecule has 94 valence electrons. The SMILES string of the molecule is CC(C)(CC(N)C(=O)O)Oc1cccc(Br)c1. The summed E-state index contributed by atoms with van der Waals surface area (Å²) >= 11 is 3.34. The summed E-state index contributed by atoms with van der Waals surface area (Å²) < 4.78 is 6.64. The van der Waals surface area contributed by atoms with Crippen LogP contribution in [0.15, 0.2) is 28.7 Å². The van der Waals surface area contributed by atoms with Crippen LogP contribution in [0.4, 0.5) is 0 Å². The lowest BCUT2D eigenvalue weighted by molar-refractivity contribution is -0.139. The zero-order valence-corrected chi connectivity index (χ0v) is 11.4. The largest absolute Gasteiger partial charge is 0.488 e. The molecule has 0 aliphatic carbocycles. The molecule has 1 unspecified atom stereocenters. The van der Waals surface area contributed by atoms with Crippen molar-refractivity contribution < 1.29 is 14.6 Å². The Kier molecular flexibility index (Phi) is 4.54. The van der Waals surface area contributed by atoms with Gasteiger partial charge in [-0.3, -0.25) is 4.79 Å². The molecular weight excluding hydrogens is 286 g/mol. The number of carbonyl (C=O) groups is 1. The summed E-state index contributed by atoms with van der Waals surface area (Å²) in [5.74, 6) is -0.335. The quantitative estimate of drug-likeness (QED) is 0.876. The number of halogens is 1. The number of benzene rings is 1. The first kappa shape index (κ1) is 14.0. The standard InChI is InChI=1S/C12H16BrNO3/c1-12(2,7-10(14)11(15)16)17-9-5-3-4-8(13)6-9/h3-6,10H,7,14H2,1-2H3,(H,15,16). The van der Waals surface area contributed by atoms with E-state index in [-0.39, 0.29) is 6.42 Å². The molecule has 3 N–H and O–H groups in total. The van der Waals surface area contributed by atoms with E-state index in [4.69, 9.17) is 15.6 Å². The van der Waals surface area contributed by atoms with Crippen LogP contribution in [0.25, 0.3) is 0 Å². The van der Waals surface area contributed by atoms with Crippen LogP contribution in [0, 0.1) is 0 Å². The highest BCUT2D eigenvalue weighted by atomic mass is 79.9. The first-order valence-corrected chi connectivity index (χ1v) is 6.02. The summed E-state index contributed by atoms with van der Waals surface area (Å²) in [6.45, 7) is 3.63. The Hall–Kier alpha value is -1.07. The molecule has 0 aromatic heterocycles. The summed E-state index contributed by atoms with van der Waals surface area (Å²) in [5, 5.41) is 8.77. The average Bonchev–Trinajstić information content (AvgIpc) is 2.15. The van der Waals surface area contributed by atoms with E-state index in [0.717, 1.165) is 4.47 Å². The van der Waals surface area contributed by atoms with Gasteiger partial charge in [0.05, 0.1) is 0 Å². The molecule has 17 heavy (non-hydrogen) atoms. The Bertz CT molecular complexity index is 406. The molecule has 0 spiro atoms. The molecule has 0 saturated heterocycles. The number of hydrogen-bond acceptors (Lipinski definition) is 3. The molecule has 0 radical (unpaired) electrons. The molecule has 0 aliphatic heterocycles. The van der Waals surface area contributed by atoms with Crippen LogP contribution in [0.3, 0.4) is 0 Å². The molecular formula is C12H16BrNO3. The Morgan fingerprint density at radius 1 is 1.59 bits per heavy atom. The number of rotatable bonds is 5. The van der Waals surface area contributed by atoms with Crippen LogP contribution < -0.4 is 10.5 Å². The lowest BCUT2D eigenvalue weighted by Gasteiger charge is -2.28. The zero-order valence-electron chi connectivity index (χ0n) is 9.81. The lowest BCUT2D eigenvalue weighted by atomic mass is 9.99. The maximum absolute atomic E-state index is 10.7. The van der Waals surface area contributed by atoms with Gasteiger partial charge in [0, 0.05) is 10.9 Å². The molecule has 0 heterocycles. The van der Waals surface area contributed by atoms with E-state index in [1.807, 2.05) is 38.1 Å². The van der Waals surface area contributed by atoms with E-state index in [1.165, 1.54) is 0 Å². The van der Waals surface area contributed by atoms with Gasteiger partial charge in [-0.1, -0.05) is 22.0 Å². The zero-order chi connectivity index (χ0) is 13.1. The predicted molar refractivity (Wildman–Crippen MR) is 69.1 cm³/mol. The number of hydrogen-bond donors (Lipinski definition) is 2. The minimum Gasteiger partial charge on any atom is -0.488 e. The molecule has 0 bridgehead atoms. The van der Waals surface area contributed by atoms with E-state index in [0.29, 0.717) is 5.75 Å². The van der Waals surface area contributed by atoms with Crippen LogP contribution in [0.2, 0.25) is 0 Å². The van der Waals surface area contributed by atoms with E-state index < -0.39 is 17.6 Å². The van der Waals surface area contributed by atoms with Crippen LogP contribution in [0.1, 0.15) is 20.3 Å². The molecule has 1 aromatic rings. The number of aliphatic carboxylic acids is 1. The number of carboxylic acids is 1. The van der Waals surface area contributed by atoms with E-state index in [2.05, 4.69) is 15.9 Å². The van der Waals surface area contributed by atoms with E-state index in [9.17, 15) is 4.79 Å². The highest BCUT2D eigenvalue weighted by Gasteiger charge is 2.26. The summed E-state index contributed by atoms with van der Waals surface area (Å²) in [5.41, 5.74) is 4.87. The monoisotopic (exact) mass is 301 g/mol. The second-order valence-electron chi connectivity index (χ2n) is 4.47. The van der Waals surface area contributed by atoms with Gasteiger partial charge in [0.15, 0.2) is 0 Å². The summed E-state index contributed by atoms with van der Waals surface area (Å²) in [6.07, 6.45) is 0.245. The van der Waals surface area contributed by atoms with Gasteiger partial charge in [-0.15, -0.1) is 0 Å². The Morgan fingerprint density at radius 3 is 2.76 bits per heavy atom. The van der Waals surface area contributed by atoms with Crippen molar-refractivity contribution in [1.82, 2.24) is 0 Å². The molecule has 0 amide bonds. The van der Waals surface area contributed by atoms with Crippen molar-refractivity contribution in [2.45, 2.75) is 31.9 Å². The Balaban J connectivity index is 2.69. The van der Waals surface area contributed by atoms with Crippen molar-refractivity contribution in [3.63, 3.8) is 0 Å². The topological polar surface area (TPSA) is 72.6 Å². The van der Waals surface area contributed by atoms with Gasteiger partial charge in [0.2, 0.25) is 0 Å². The van der Waals surface area contributed by atoms with Crippen LogP contribution in [-0.4, -0.2) is 22.7 Å². The van der Waals surface area contributed by atoms with Crippen molar-refractivity contribution in [3.05, 3.63) is 28.7 Å².